The van der Waals surface area contributed by atoms with E-state index < -0.39 is 0 Å². The number of oxazole rings is 1. The van der Waals surface area contributed by atoms with Crippen molar-refractivity contribution in [2.45, 2.75) is 13.3 Å². The van der Waals surface area contributed by atoms with Crippen molar-refractivity contribution in [3.63, 3.8) is 0 Å². The van der Waals surface area contributed by atoms with Crippen LogP contribution in [0.15, 0.2) is 52.9 Å². The fourth-order valence-electron chi connectivity index (χ4n) is 2.61. The van der Waals surface area contributed by atoms with E-state index in [1.807, 2.05) is 31.2 Å². The van der Waals surface area contributed by atoms with Crippen molar-refractivity contribution >= 4 is 5.91 Å². The summed E-state index contributed by atoms with van der Waals surface area (Å²) < 4.78 is 18.8. The van der Waals surface area contributed by atoms with Crippen molar-refractivity contribution in [3.05, 3.63) is 76.9 Å². The highest BCUT2D eigenvalue weighted by Gasteiger charge is 2.17. The summed E-state index contributed by atoms with van der Waals surface area (Å²) in [4.78, 5) is 18.4. The maximum absolute atomic E-state index is 13.1. The minimum atomic E-state index is -0.302. The van der Waals surface area contributed by atoms with Gasteiger partial charge in [-0.15, -0.1) is 0 Å². The molecule has 0 radical (unpaired) electrons. The van der Waals surface area contributed by atoms with Gasteiger partial charge in [0.2, 0.25) is 5.89 Å². The lowest BCUT2D eigenvalue weighted by molar-refractivity contribution is 0.0826. The fourth-order valence-corrected chi connectivity index (χ4v) is 2.61. The van der Waals surface area contributed by atoms with Gasteiger partial charge in [-0.2, -0.15) is 0 Å². The third kappa shape index (κ3) is 3.60. The Morgan fingerprint density at radius 2 is 1.80 bits per heavy atom. The molecule has 5 heteroatoms. The second-order valence-electron chi connectivity index (χ2n) is 6.06. The van der Waals surface area contributed by atoms with E-state index in [1.54, 1.807) is 31.1 Å². The van der Waals surface area contributed by atoms with Gasteiger partial charge >= 0.3 is 0 Å². The molecular weight excluding hydrogens is 319 g/mol. The molecule has 25 heavy (non-hydrogen) atoms. The molecule has 3 rings (SSSR count). The van der Waals surface area contributed by atoms with Crippen molar-refractivity contribution in [3.8, 4) is 11.5 Å². The van der Waals surface area contributed by atoms with E-state index in [4.69, 9.17) is 4.42 Å². The molecular formula is C20H19FN2O2. The molecule has 3 aromatic rings. The van der Waals surface area contributed by atoms with Gasteiger partial charge in [0.05, 0.1) is 5.69 Å². The molecule has 128 valence electrons. The zero-order valence-corrected chi connectivity index (χ0v) is 14.4. The molecule has 0 unspecified atom stereocenters. The van der Waals surface area contributed by atoms with Gasteiger partial charge in [0.1, 0.15) is 11.6 Å². The number of hydrogen-bond donors (Lipinski definition) is 0. The van der Waals surface area contributed by atoms with Crippen LogP contribution < -0.4 is 0 Å². The second-order valence-corrected chi connectivity index (χ2v) is 6.06. The van der Waals surface area contributed by atoms with E-state index in [1.165, 1.54) is 12.1 Å². The van der Waals surface area contributed by atoms with Crippen LogP contribution in [0.1, 0.15) is 27.4 Å². The number of hydrogen-bond acceptors (Lipinski definition) is 3. The van der Waals surface area contributed by atoms with Gasteiger partial charge in [-0.25, -0.2) is 9.37 Å². The minimum Gasteiger partial charge on any atom is -0.441 e. The maximum atomic E-state index is 13.1. The lowest BCUT2D eigenvalue weighted by Crippen LogP contribution is -2.23. The van der Waals surface area contributed by atoms with Crippen LogP contribution in [0, 0.1) is 12.7 Å². The monoisotopic (exact) mass is 338 g/mol. The molecule has 0 aliphatic rings. The molecule has 0 aliphatic heterocycles. The summed E-state index contributed by atoms with van der Waals surface area (Å²) in [6.45, 7) is 1.84. The molecule has 0 atom stereocenters. The van der Waals surface area contributed by atoms with Gasteiger partial charge < -0.3 is 9.32 Å². The Bertz CT molecular complexity index is 898. The average Bonchev–Trinajstić information content (AvgIpc) is 2.96. The van der Waals surface area contributed by atoms with Gasteiger partial charge in [0, 0.05) is 31.6 Å². The van der Waals surface area contributed by atoms with Crippen LogP contribution in [0.5, 0.6) is 0 Å². The summed E-state index contributed by atoms with van der Waals surface area (Å²) in [6, 6.07) is 13.5. The molecule has 1 heterocycles. The lowest BCUT2D eigenvalue weighted by atomic mass is 10.0. The molecule has 2 aromatic carbocycles. The molecule has 0 fully saturated rings. The Hall–Kier alpha value is -2.95. The normalized spacial score (nSPS) is 10.7. The third-order valence-electron chi connectivity index (χ3n) is 4.00. The van der Waals surface area contributed by atoms with Crippen LogP contribution in [0.3, 0.4) is 0 Å². The molecule has 0 bridgehead atoms. The molecule has 1 aromatic heterocycles. The van der Waals surface area contributed by atoms with Crippen molar-refractivity contribution in [1.82, 2.24) is 9.88 Å². The standard InChI is InChI=1S/C20H19FN2O2/c1-13-18(22-19(25-13)14-8-10-16(21)11-9-14)12-15-6-4-5-7-17(15)20(24)23(2)3/h4-11H,12H2,1-3H3. The van der Waals surface area contributed by atoms with Crippen LogP contribution in [0.4, 0.5) is 4.39 Å². The van der Waals surface area contributed by atoms with Crippen molar-refractivity contribution in [1.29, 1.82) is 0 Å². The molecule has 0 spiro atoms. The Kier molecular flexibility index (Phi) is 4.65. The topological polar surface area (TPSA) is 46.3 Å². The number of nitrogens with zero attached hydrogens (tertiary/aromatic N) is 2. The number of rotatable bonds is 4. The number of carbonyl (C=O) groups excluding carboxylic acids is 1. The number of benzene rings is 2. The Labute approximate surface area is 145 Å². The van der Waals surface area contributed by atoms with E-state index in [9.17, 15) is 9.18 Å². The van der Waals surface area contributed by atoms with E-state index in [0.29, 0.717) is 29.2 Å². The highest BCUT2D eigenvalue weighted by molar-refractivity contribution is 5.95. The smallest absolute Gasteiger partial charge is 0.253 e. The average molecular weight is 338 g/mol. The molecule has 0 N–H and O–H groups in total. The third-order valence-corrected chi connectivity index (χ3v) is 4.00. The summed E-state index contributed by atoms with van der Waals surface area (Å²) in [5, 5.41) is 0. The number of aromatic nitrogens is 1. The Morgan fingerprint density at radius 1 is 1.12 bits per heavy atom. The first-order valence-corrected chi connectivity index (χ1v) is 7.97. The molecule has 4 nitrogen and oxygen atoms in total. The first-order valence-electron chi connectivity index (χ1n) is 7.97. The number of amides is 1. The van der Waals surface area contributed by atoms with Gasteiger partial charge in [0.25, 0.3) is 5.91 Å². The number of halogens is 1. The maximum Gasteiger partial charge on any atom is 0.253 e. The van der Waals surface area contributed by atoms with Gasteiger partial charge in [0.15, 0.2) is 0 Å². The van der Waals surface area contributed by atoms with E-state index >= 15 is 0 Å². The molecule has 0 aliphatic carbocycles. The predicted octanol–water partition coefficient (Wildman–Crippen LogP) is 4.08. The largest absolute Gasteiger partial charge is 0.441 e. The summed E-state index contributed by atoms with van der Waals surface area (Å²) in [5.74, 6) is 0.786. The predicted molar refractivity (Wildman–Crippen MR) is 93.9 cm³/mol. The SMILES string of the molecule is Cc1oc(-c2ccc(F)cc2)nc1Cc1ccccc1C(=O)N(C)C. The van der Waals surface area contributed by atoms with Crippen LogP contribution >= 0.6 is 0 Å². The van der Waals surface area contributed by atoms with Crippen molar-refractivity contribution < 1.29 is 13.6 Å². The first kappa shape index (κ1) is 16.9. The van der Waals surface area contributed by atoms with Crippen LogP contribution in [0.25, 0.3) is 11.5 Å². The Balaban J connectivity index is 1.92. The van der Waals surface area contributed by atoms with E-state index in [2.05, 4.69) is 4.98 Å². The van der Waals surface area contributed by atoms with Gasteiger partial charge in [-0.05, 0) is 42.8 Å². The van der Waals surface area contributed by atoms with Crippen molar-refractivity contribution in [2.75, 3.05) is 14.1 Å². The lowest BCUT2D eigenvalue weighted by Gasteiger charge is -2.13. The highest BCUT2D eigenvalue weighted by atomic mass is 19.1. The van der Waals surface area contributed by atoms with Gasteiger partial charge in [-0.3, -0.25) is 4.79 Å². The quantitative estimate of drug-likeness (QED) is 0.720. The minimum absolute atomic E-state index is 0.0458. The summed E-state index contributed by atoms with van der Waals surface area (Å²) in [5.41, 5.74) is 3.02. The number of carbonyl (C=O) groups is 1. The Morgan fingerprint density at radius 3 is 2.48 bits per heavy atom. The highest BCUT2D eigenvalue weighted by Crippen LogP contribution is 2.24. The first-order chi connectivity index (χ1) is 12.0. The molecule has 1 amide bonds. The van der Waals surface area contributed by atoms with Crippen LogP contribution in [-0.2, 0) is 6.42 Å². The summed E-state index contributed by atoms with van der Waals surface area (Å²) in [6.07, 6.45) is 0.492. The van der Waals surface area contributed by atoms with Crippen molar-refractivity contribution in [2.24, 2.45) is 0 Å². The fraction of sp³-hybridized carbons (Fsp3) is 0.200. The molecule has 0 saturated heterocycles. The molecule has 0 saturated carbocycles. The zero-order valence-electron chi connectivity index (χ0n) is 14.4. The van der Waals surface area contributed by atoms with E-state index in [-0.39, 0.29) is 11.7 Å². The zero-order chi connectivity index (χ0) is 18.0. The van der Waals surface area contributed by atoms with E-state index in [0.717, 1.165) is 11.3 Å². The summed E-state index contributed by atoms with van der Waals surface area (Å²) >= 11 is 0. The second kappa shape index (κ2) is 6.89. The summed E-state index contributed by atoms with van der Waals surface area (Å²) in [7, 11) is 3.46. The van der Waals surface area contributed by atoms with Crippen LogP contribution in [-0.4, -0.2) is 29.9 Å². The number of aryl methyl sites for hydroxylation is 1. The van der Waals surface area contributed by atoms with Gasteiger partial charge in [-0.1, -0.05) is 18.2 Å². The van der Waals surface area contributed by atoms with Crippen LogP contribution in [0.2, 0.25) is 0 Å².